The Morgan fingerprint density at radius 3 is 2.62 bits per heavy atom. The molecule has 0 saturated heterocycles. The molecule has 116 valence electrons. The highest BCUT2D eigenvalue weighted by Crippen LogP contribution is 2.29. The van der Waals surface area contributed by atoms with Crippen LogP contribution >= 0.6 is 0 Å². The zero-order valence-corrected chi connectivity index (χ0v) is 12.7. The van der Waals surface area contributed by atoms with Gasteiger partial charge in [0.15, 0.2) is 0 Å². The van der Waals surface area contributed by atoms with Crippen molar-refractivity contribution < 1.29 is 19.0 Å². The predicted octanol–water partition coefficient (Wildman–Crippen LogP) is 1.68. The fourth-order valence-electron chi connectivity index (χ4n) is 2.72. The number of ether oxygens (including phenoxy) is 3. The second-order valence-electron chi connectivity index (χ2n) is 5.07. The maximum atomic E-state index is 12.0. The number of carbonyl (C=O) groups is 1. The third kappa shape index (κ3) is 3.61. The molecule has 1 aliphatic rings. The number of methoxy groups -OCH3 is 2. The molecule has 5 nitrogen and oxygen atoms in total. The van der Waals surface area contributed by atoms with Crippen LogP contribution in [0.3, 0.4) is 0 Å². The lowest BCUT2D eigenvalue weighted by molar-refractivity contribution is -0.150. The van der Waals surface area contributed by atoms with Crippen molar-refractivity contribution in [2.24, 2.45) is 0 Å². The van der Waals surface area contributed by atoms with Crippen LogP contribution in [0.25, 0.3) is 0 Å². The summed E-state index contributed by atoms with van der Waals surface area (Å²) in [6, 6.07) is 9.15. The van der Waals surface area contributed by atoms with E-state index in [0.29, 0.717) is 6.61 Å². The molecule has 0 bridgehead atoms. The van der Waals surface area contributed by atoms with E-state index in [9.17, 15) is 4.79 Å². The summed E-state index contributed by atoms with van der Waals surface area (Å²) in [7, 11) is 3.07. The molecule has 5 heteroatoms. The fourth-order valence-corrected chi connectivity index (χ4v) is 2.72. The van der Waals surface area contributed by atoms with E-state index < -0.39 is 6.04 Å². The molecule has 1 saturated carbocycles. The van der Waals surface area contributed by atoms with Gasteiger partial charge in [0.05, 0.1) is 19.3 Å². The number of benzene rings is 1. The zero-order chi connectivity index (χ0) is 15.2. The van der Waals surface area contributed by atoms with Crippen molar-refractivity contribution in [3.05, 3.63) is 35.9 Å². The van der Waals surface area contributed by atoms with Crippen LogP contribution in [0, 0.1) is 0 Å². The van der Waals surface area contributed by atoms with Crippen LogP contribution in [-0.2, 0) is 19.0 Å². The average Bonchev–Trinajstić information content (AvgIpc) is 2.50. The SMILES string of the molecule is CCOC1CC(NC(C(=O)OC)c2ccccc2)C1OC. The van der Waals surface area contributed by atoms with Crippen LogP contribution in [0.5, 0.6) is 0 Å². The molecule has 1 N–H and O–H groups in total. The summed E-state index contributed by atoms with van der Waals surface area (Å²) >= 11 is 0. The molecule has 4 unspecified atom stereocenters. The molecule has 2 rings (SSSR count). The minimum absolute atomic E-state index is 0.0409. The van der Waals surface area contributed by atoms with E-state index in [1.807, 2.05) is 37.3 Å². The summed E-state index contributed by atoms with van der Waals surface area (Å²) in [4.78, 5) is 12.0. The van der Waals surface area contributed by atoms with Gasteiger partial charge in [0, 0.05) is 19.8 Å². The summed E-state index contributed by atoms with van der Waals surface area (Å²) in [6.07, 6.45) is 0.875. The second kappa shape index (κ2) is 7.54. The van der Waals surface area contributed by atoms with Gasteiger partial charge < -0.3 is 14.2 Å². The molecule has 1 aromatic carbocycles. The summed E-state index contributed by atoms with van der Waals surface area (Å²) in [5.41, 5.74) is 0.888. The zero-order valence-electron chi connectivity index (χ0n) is 12.7. The van der Waals surface area contributed by atoms with Crippen molar-refractivity contribution in [1.82, 2.24) is 5.32 Å². The standard InChI is InChI=1S/C16H23NO4/c1-4-21-13-10-12(15(13)19-2)17-14(16(18)20-3)11-8-6-5-7-9-11/h5-9,12-15,17H,4,10H2,1-3H3. The first-order valence-electron chi connectivity index (χ1n) is 7.24. The minimum atomic E-state index is -0.485. The van der Waals surface area contributed by atoms with Gasteiger partial charge in [-0.2, -0.15) is 0 Å². The topological polar surface area (TPSA) is 56.8 Å². The summed E-state index contributed by atoms with van der Waals surface area (Å²) in [5.74, 6) is -0.295. The largest absolute Gasteiger partial charge is 0.468 e. The lowest BCUT2D eigenvalue weighted by Gasteiger charge is -2.44. The molecule has 0 aliphatic heterocycles. The number of nitrogens with one attached hydrogen (secondary N) is 1. The molecule has 0 spiro atoms. The summed E-state index contributed by atoms with van der Waals surface area (Å²) in [6.45, 7) is 2.63. The first-order valence-corrected chi connectivity index (χ1v) is 7.24. The van der Waals surface area contributed by atoms with Gasteiger partial charge in [-0.1, -0.05) is 30.3 Å². The van der Waals surface area contributed by atoms with Gasteiger partial charge in [-0.3, -0.25) is 5.32 Å². The van der Waals surface area contributed by atoms with E-state index in [4.69, 9.17) is 14.2 Å². The highest BCUT2D eigenvalue weighted by Gasteiger charge is 2.44. The minimum Gasteiger partial charge on any atom is -0.468 e. The Kier molecular flexibility index (Phi) is 5.73. The van der Waals surface area contributed by atoms with E-state index in [1.165, 1.54) is 7.11 Å². The lowest BCUT2D eigenvalue weighted by Crippen LogP contribution is -2.61. The maximum Gasteiger partial charge on any atom is 0.327 e. The number of esters is 1. The number of hydrogen-bond donors (Lipinski definition) is 1. The summed E-state index contributed by atoms with van der Waals surface area (Å²) in [5, 5.41) is 3.33. The summed E-state index contributed by atoms with van der Waals surface area (Å²) < 4.78 is 16.0. The third-order valence-corrected chi connectivity index (χ3v) is 3.85. The van der Waals surface area contributed by atoms with Gasteiger partial charge >= 0.3 is 5.97 Å². The molecule has 0 radical (unpaired) electrons. The Balaban J connectivity index is 2.05. The normalized spacial score (nSPS) is 26.0. The van der Waals surface area contributed by atoms with Crippen molar-refractivity contribution in [3.63, 3.8) is 0 Å². The molecule has 4 atom stereocenters. The van der Waals surface area contributed by atoms with E-state index in [-0.39, 0.29) is 24.2 Å². The van der Waals surface area contributed by atoms with Crippen molar-refractivity contribution in [2.75, 3.05) is 20.8 Å². The number of rotatable bonds is 7. The van der Waals surface area contributed by atoms with Crippen molar-refractivity contribution in [1.29, 1.82) is 0 Å². The van der Waals surface area contributed by atoms with E-state index in [2.05, 4.69) is 5.32 Å². The Bertz CT molecular complexity index is 451. The molecule has 0 heterocycles. The van der Waals surface area contributed by atoms with E-state index >= 15 is 0 Å². The van der Waals surface area contributed by atoms with Gasteiger partial charge in [0.25, 0.3) is 0 Å². The maximum absolute atomic E-state index is 12.0. The monoisotopic (exact) mass is 293 g/mol. The molecule has 21 heavy (non-hydrogen) atoms. The highest BCUT2D eigenvalue weighted by atomic mass is 16.5. The van der Waals surface area contributed by atoms with E-state index in [0.717, 1.165) is 12.0 Å². The quantitative estimate of drug-likeness (QED) is 0.775. The van der Waals surface area contributed by atoms with Gasteiger partial charge in [-0.25, -0.2) is 4.79 Å². The number of carbonyl (C=O) groups excluding carboxylic acids is 1. The third-order valence-electron chi connectivity index (χ3n) is 3.85. The van der Waals surface area contributed by atoms with Gasteiger partial charge in [-0.05, 0) is 18.9 Å². The van der Waals surface area contributed by atoms with Crippen LogP contribution in [0.4, 0.5) is 0 Å². The van der Waals surface area contributed by atoms with Crippen LogP contribution in [0.1, 0.15) is 24.9 Å². The van der Waals surface area contributed by atoms with E-state index in [1.54, 1.807) is 7.11 Å². The van der Waals surface area contributed by atoms with Crippen molar-refractivity contribution in [3.8, 4) is 0 Å². The average molecular weight is 293 g/mol. The van der Waals surface area contributed by atoms with Crippen molar-refractivity contribution in [2.45, 2.75) is 37.6 Å². The van der Waals surface area contributed by atoms with Crippen LogP contribution in [0.15, 0.2) is 30.3 Å². The van der Waals surface area contributed by atoms with Gasteiger partial charge in [0.1, 0.15) is 6.04 Å². The molecule has 1 aliphatic carbocycles. The molecular weight excluding hydrogens is 270 g/mol. The molecule has 1 fully saturated rings. The number of hydrogen-bond acceptors (Lipinski definition) is 5. The first-order chi connectivity index (χ1) is 10.2. The fraction of sp³-hybridized carbons (Fsp3) is 0.562. The van der Waals surface area contributed by atoms with Crippen molar-refractivity contribution >= 4 is 5.97 Å². The molecule has 1 aromatic rings. The smallest absolute Gasteiger partial charge is 0.327 e. The Morgan fingerprint density at radius 1 is 1.33 bits per heavy atom. The second-order valence-corrected chi connectivity index (χ2v) is 5.07. The molecule has 0 amide bonds. The van der Waals surface area contributed by atoms with Gasteiger partial charge in [-0.15, -0.1) is 0 Å². The molecule has 0 aromatic heterocycles. The predicted molar refractivity (Wildman–Crippen MR) is 79.0 cm³/mol. The Labute approximate surface area is 125 Å². The van der Waals surface area contributed by atoms with Crippen LogP contribution in [-0.4, -0.2) is 45.0 Å². The lowest BCUT2D eigenvalue weighted by atomic mass is 9.84. The molecular formula is C16H23NO4. The Hall–Kier alpha value is -1.43. The first kappa shape index (κ1) is 15.9. The Morgan fingerprint density at radius 2 is 2.05 bits per heavy atom. The van der Waals surface area contributed by atoms with Gasteiger partial charge in [0.2, 0.25) is 0 Å². The highest BCUT2D eigenvalue weighted by molar-refractivity contribution is 5.77. The van der Waals surface area contributed by atoms with Crippen LogP contribution in [0.2, 0.25) is 0 Å². The van der Waals surface area contributed by atoms with Crippen LogP contribution < -0.4 is 5.32 Å².